The van der Waals surface area contributed by atoms with E-state index in [4.69, 9.17) is 5.26 Å². The molecule has 4 nitrogen and oxygen atoms in total. The maximum Gasteiger partial charge on any atom is 0.390 e. The zero-order valence-electron chi connectivity index (χ0n) is 9.98. The van der Waals surface area contributed by atoms with Crippen molar-refractivity contribution in [3.8, 4) is 6.07 Å². The largest absolute Gasteiger partial charge is 0.390 e. The monoisotopic (exact) mass is 292 g/mol. The van der Waals surface area contributed by atoms with E-state index in [2.05, 4.69) is 0 Å². The first-order valence-electron chi connectivity index (χ1n) is 5.20. The fourth-order valence-corrected chi connectivity index (χ4v) is 2.67. The molecule has 1 aromatic carbocycles. The van der Waals surface area contributed by atoms with E-state index < -0.39 is 29.2 Å². The van der Waals surface area contributed by atoms with E-state index in [-0.39, 0.29) is 10.5 Å². The van der Waals surface area contributed by atoms with Crippen molar-refractivity contribution in [2.45, 2.75) is 17.5 Å². The van der Waals surface area contributed by atoms with Crippen molar-refractivity contribution in [3.63, 3.8) is 0 Å². The first-order valence-corrected chi connectivity index (χ1v) is 6.64. The lowest BCUT2D eigenvalue weighted by atomic mass is 10.2. The second-order valence-electron chi connectivity index (χ2n) is 3.80. The van der Waals surface area contributed by atoms with Gasteiger partial charge in [0.1, 0.15) is 6.07 Å². The smallest absolute Gasteiger partial charge is 0.207 e. The lowest BCUT2D eigenvalue weighted by molar-refractivity contribution is -0.135. The Labute approximate surface area is 109 Å². The molecule has 0 fully saturated rings. The minimum Gasteiger partial charge on any atom is -0.207 e. The molecule has 0 saturated carbocycles. The van der Waals surface area contributed by atoms with Crippen LogP contribution in [0.25, 0.3) is 0 Å². The van der Waals surface area contributed by atoms with E-state index >= 15 is 0 Å². The van der Waals surface area contributed by atoms with Crippen LogP contribution in [-0.4, -0.2) is 32.5 Å². The van der Waals surface area contributed by atoms with Gasteiger partial charge in [-0.2, -0.15) is 18.4 Å². The second-order valence-corrected chi connectivity index (χ2v) is 5.81. The van der Waals surface area contributed by atoms with Crippen molar-refractivity contribution in [1.29, 1.82) is 5.26 Å². The Kier molecular flexibility index (Phi) is 4.55. The number of sulfonamides is 1. The molecule has 0 N–H and O–H groups in total. The lowest BCUT2D eigenvalue weighted by Gasteiger charge is -2.18. The highest BCUT2D eigenvalue weighted by molar-refractivity contribution is 7.89. The topological polar surface area (TPSA) is 61.2 Å². The summed E-state index contributed by atoms with van der Waals surface area (Å²) < 4.78 is 60.9. The van der Waals surface area contributed by atoms with Crippen molar-refractivity contribution < 1.29 is 21.6 Å². The average molecular weight is 292 g/mol. The number of hydrogen-bond acceptors (Lipinski definition) is 3. The predicted molar refractivity (Wildman–Crippen MR) is 61.6 cm³/mol. The molecule has 1 aromatic rings. The van der Waals surface area contributed by atoms with Gasteiger partial charge < -0.3 is 0 Å². The molecule has 1 rings (SSSR count). The second kappa shape index (κ2) is 5.59. The highest BCUT2D eigenvalue weighted by atomic mass is 32.2. The summed E-state index contributed by atoms with van der Waals surface area (Å²) in [6.45, 7) is -0.689. The highest BCUT2D eigenvalue weighted by Gasteiger charge is 2.31. The molecule has 8 heteroatoms. The third kappa shape index (κ3) is 3.94. The first-order chi connectivity index (χ1) is 8.68. The van der Waals surface area contributed by atoms with Crippen LogP contribution in [0.3, 0.4) is 0 Å². The number of alkyl halides is 3. The summed E-state index contributed by atoms with van der Waals surface area (Å²) in [4.78, 5) is -0.290. The van der Waals surface area contributed by atoms with E-state index in [1.54, 1.807) is 6.07 Å². The fourth-order valence-electron chi connectivity index (χ4n) is 1.36. The van der Waals surface area contributed by atoms with Crippen LogP contribution in [0, 0.1) is 11.3 Å². The highest BCUT2D eigenvalue weighted by Crippen LogP contribution is 2.23. The quantitative estimate of drug-likeness (QED) is 0.854. The summed E-state index contributed by atoms with van der Waals surface area (Å²) in [7, 11) is -3.04. The number of rotatable bonds is 4. The van der Waals surface area contributed by atoms with Crippen LogP contribution in [0.15, 0.2) is 29.2 Å². The van der Waals surface area contributed by atoms with E-state index in [0.29, 0.717) is 4.31 Å². The van der Waals surface area contributed by atoms with Crippen molar-refractivity contribution in [2.24, 2.45) is 0 Å². The van der Waals surface area contributed by atoms with Gasteiger partial charge in [0.2, 0.25) is 10.0 Å². The Morgan fingerprint density at radius 1 is 1.32 bits per heavy atom. The first kappa shape index (κ1) is 15.5. The Morgan fingerprint density at radius 2 is 1.89 bits per heavy atom. The molecule has 0 saturated heterocycles. The number of benzene rings is 1. The van der Waals surface area contributed by atoms with Gasteiger partial charge in [-0.15, -0.1) is 0 Å². The minimum atomic E-state index is -4.43. The summed E-state index contributed by atoms with van der Waals surface area (Å²) in [6, 6.07) is 7.08. The number of hydrogen-bond donors (Lipinski definition) is 0. The Morgan fingerprint density at radius 3 is 2.42 bits per heavy atom. The number of nitriles is 1. The zero-order chi connectivity index (χ0) is 14.7. The van der Waals surface area contributed by atoms with Crippen molar-refractivity contribution in [1.82, 2.24) is 4.31 Å². The molecule has 0 heterocycles. The molecule has 19 heavy (non-hydrogen) atoms. The van der Waals surface area contributed by atoms with Gasteiger partial charge in [0.05, 0.1) is 16.9 Å². The molecule has 0 radical (unpaired) electrons. The average Bonchev–Trinajstić information content (AvgIpc) is 2.34. The zero-order valence-corrected chi connectivity index (χ0v) is 10.8. The van der Waals surface area contributed by atoms with Crippen LogP contribution in [0.5, 0.6) is 0 Å². The SMILES string of the molecule is CN(CCC(F)(F)F)S(=O)(=O)c1ccccc1C#N. The standard InChI is InChI=1S/C11H11F3N2O2S/c1-16(7-6-11(12,13)14)19(17,18)10-5-3-2-4-9(10)8-15/h2-5H,6-7H2,1H3. The van der Waals surface area contributed by atoms with Gasteiger partial charge in [0, 0.05) is 13.6 Å². The van der Waals surface area contributed by atoms with Crippen LogP contribution in [-0.2, 0) is 10.0 Å². The normalized spacial score (nSPS) is 12.4. The van der Waals surface area contributed by atoms with Crippen LogP contribution in [0.2, 0.25) is 0 Å². The van der Waals surface area contributed by atoms with Crippen LogP contribution in [0.1, 0.15) is 12.0 Å². The number of nitrogens with zero attached hydrogens (tertiary/aromatic N) is 2. The minimum absolute atomic E-state index is 0.0960. The van der Waals surface area contributed by atoms with E-state index in [1.165, 1.54) is 24.3 Å². The van der Waals surface area contributed by atoms with Gasteiger partial charge in [-0.1, -0.05) is 12.1 Å². The number of halogens is 3. The van der Waals surface area contributed by atoms with Gasteiger partial charge in [-0.05, 0) is 12.1 Å². The van der Waals surface area contributed by atoms with Crippen molar-refractivity contribution >= 4 is 10.0 Å². The molecule has 0 atom stereocenters. The molecule has 0 aliphatic heterocycles. The van der Waals surface area contributed by atoms with Gasteiger partial charge in [-0.3, -0.25) is 0 Å². The summed E-state index contributed by atoms with van der Waals surface area (Å²) in [5.74, 6) is 0. The molecular weight excluding hydrogens is 281 g/mol. The molecule has 0 bridgehead atoms. The van der Waals surface area contributed by atoms with Crippen molar-refractivity contribution in [2.75, 3.05) is 13.6 Å². The maximum absolute atomic E-state index is 12.1. The van der Waals surface area contributed by atoms with Gasteiger partial charge in [0.25, 0.3) is 0 Å². The lowest BCUT2D eigenvalue weighted by Crippen LogP contribution is -2.31. The van der Waals surface area contributed by atoms with Crippen LogP contribution < -0.4 is 0 Å². The molecule has 104 valence electrons. The Hall–Kier alpha value is -1.59. The van der Waals surface area contributed by atoms with Crippen LogP contribution >= 0.6 is 0 Å². The third-order valence-electron chi connectivity index (χ3n) is 2.41. The van der Waals surface area contributed by atoms with Crippen molar-refractivity contribution in [3.05, 3.63) is 29.8 Å². The summed E-state index contributed by atoms with van der Waals surface area (Å²) >= 11 is 0. The molecule has 0 amide bonds. The molecule has 0 aliphatic carbocycles. The summed E-state index contributed by atoms with van der Waals surface area (Å²) in [5.41, 5.74) is -0.0960. The third-order valence-corrected chi connectivity index (χ3v) is 4.32. The molecular formula is C11H11F3N2O2S. The molecule has 0 aromatic heterocycles. The maximum atomic E-state index is 12.1. The summed E-state index contributed by atoms with van der Waals surface area (Å²) in [5, 5.41) is 8.81. The Bertz CT molecular complexity index is 591. The molecule has 0 unspecified atom stereocenters. The summed E-state index contributed by atoms with van der Waals surface area (Å²) in [6.07, 6.45) is -5.67. The van der Waals surface area contributed by atoms with Gasteiger partial charge >= 0.3 is 6.18 Å². The van der Waals surface area contributed by atoms with Gasteiger partial charge in [-0.25, -0.2) is 12.7 Å². The van der Waals surface area contributed by atoms with E-state index in [9.17, 15) is 21.6 Å². The van der Waals surface area contributed by atoms with E-state index in [1.807, 2.05) is 0 Å². The molecule has 0 aliphatic rings. The van der Waals surface area contributed by atoms with E-state index in [0.717, 1.165) is 7.05 Å². The van der Waals surface area contributed by atoms with Crippen LogP contribution in [0.4, 0.5) is 13.2 Å². The Balaban J connectivity index is 3.01. The van der Waals surface area contributed by atoms with Gasteiger partial charge in [0.15, 0.2) is 0 Å². The predicted octanol–water partition coefficient (Wildman–Crippen LogP) is 2.13. The molecule has 0 spiro atoms. The fraction of sp³-hybridized carbons (Fsp3) is 0.364.